The van der Waals surface area contributed by atoms with E-state index in [0.29, 0.717) is 12.6 Å². The maximum Gasteiger partial charge on any atom is 0.191 e. The lowest BCUT2D eigenvalue weighted by atomic mass is 9.98. The Kier molecular flexibility index (Phi) is 14.0. The Bertz CT molecular complexity index is 592. The SMILES string of the molecule is CCOC(CCNC(=NCc1nnc(C)n1C)NCCCSC)C1CCCC1.I. The number of aryl methyl sites for hydroxylation is 1. The fourth-order valence-electron chi connectivity index (χ4n) is 3.67. The second kappa shape index (κ2) is 15.3. The number of hydrogen-bond donors (Lipinski definition) is 2. The molecule has 1 aliphatic carbocycles. The van der Waals surface area contributed by atoms with Crippen LogP contribution in [0.4, 0.5) is 0 Å². The minimum absolute atomic E-state index is 0. The van der Waals surface area contributed by atoms with Crippen LogP contribution in [0.3, 0.4) is 0 Å². The molecular formula is C20H39IN6OS. The number of aliphatic imine (C=N–C) groups is 1. The van der Waals surface area contributed by atoms with Crippen molar-refractivity contribution in [1.82, 2.24) is 25.4 Å². The highest BCUT2D eigenvalue weighted by Crippen LogP contribution is 2.30. The third kappa shape index (κ3) is 9.42. The van der Waals surface area contributed by atoms with Crippen LogP contribution in [0, 0.1) is 12.8 Å². The Morgan fingerprint density at radius 2 is 2.00 bits per heavy atom. The normalized spacial score (nSPS) is 15.9. The third-order valence-electron chi connectivity index (χ3n) is 5.41. The van der Waals surface area contributed by atoms with Crippen LogP contribution >= 0.6 is 35.7 Å². The van der Waals surface area contributed by atoms with Gasteiger partial charge in [0, 0.05) is 26.7 Å². The van der Waals surface area contributed by atoms with Crippen molar-refractivity contribution in [1.29, 1.82) is 0 Å². The topological polar surface area (TPSA) is 76.4 Å². The Morgan fingerprint density at radius 1 is 1.28 bits per heavy atom. The van der Waals surface area contributed by atoms with Gasteiger partial charge in [-0.2, -0.15) is 11.8 Å². The number of guanidine groups is 1. The van der Waals surface area contributed by atoms with Gasteiger partial charge in [0.1, 0.15) is 12.4 Å². The van der Waals surface area contributed by atoms with Crippen LogP contribution in [-0.4, -0.2) is 58.5 Å². The van der Waals surface area contributed by atoms with E-state index in [2.05, 4.69) is 34.0 Å². The van der Waals surface area contributed by atoms with Gasteiger partial charge < -0.3 is 19.9 Å². The van der Waals surface area contributed by atoms with Crippen molar-refractivity contribution in [3.8, 4) is 0 Å². The van der Waals surface area contributed by atoms with Crippen molar-refractivity contribution in [2.45, 2.75) is 65.0 Å². The minimum atomic E-state index is 0. The predicted octanol–water partition coefficient (Wildman–Crippen LogP) is 3.52. The van der Waals surface area contributed by atoms with E-state index in [9.17, 15) is 0 Å². The summed E-state index contributed by atoms with van der Waals surface area (Å²) in [5, 5.41) is 15.3. The molecule has 0 bridgehead atoms. The van der Waals surface area contributed by atoms with Gasteiger partial charge in [0.15, 0.2) is 11.8 Å². The monoisotopic (exact) mass is 538 g/mol. The zero-order valence-corrected chi connectivity index (χ0v) is 21.6. The van der Waals surface area contributed by atoms with E-state index in [1.807, 2.05) is 30.3 Å². The molecule has 0 aliphatic heterocycles. The number of ether oxygens (including phenoxy) is 1. The van der Waals surface area contributed by atoms with E-state index in [1.54, 1.807) is 0 Å². The number of aromatic nitrogens is 3. The Morgan fingerprint density at radius 3 is 2.62 bits per heavy atom. The van der Waals surface area contributed by atoms with Crippen LogP contribution in [0.1, 0.15) is 57.1 Å². The van der Waals surface area contributed by atoms with Gasteiger partial charge in [-0.1, -0.05) is 12.8 Å². The fourth-order valence-corrected chi connectivity index (χ4v) is 4.10. The molecule has 168 valence electrons. The first kappa shape index (κ1) is 26.5. The standard InChI is InChI=1S/C20H38N6OS.HI/c1-5-27-18(17-9-6-7-10-17)11-13-22-20(21-12-8-14-28-4)23-15-19-25-24-16(2)26(19)3;/h17-18H,5-15H2,1-4H3,(H2,21,22,23);1H. The molecule has 0 amide bonds. The lowest BCUT2D eigenvalue weighted by Crippen LogP contribution is -2.40. The molecule has 2 rings (SSSR count). The van der Waals surface area contributed by atoms with Gasteiger partial charge in [0.25, 0.3) is 0 Å². The molecular weight excluding hydrogens is 499 g/mol. The third-order valence-corrected chi connectivity index (χ3v) is 6.10. The van der Waals surface area contributed by atoms with E-state index in [-0.39, 0.29) is 24.0 Å². The van der Waals surface area contributed by atoms with Crippen molar-refractivity contribution in [2.24, 2.45) is 18.0 Å². The van der Waals surface area contributed by atoms with Crippen molar-refractivity contribution in [2.75, 3.05) is 31.7 Å². The van der Waals surface area contributed by atoms with Crippen LogP contribution in [0.15, 0.2) is 4.99 Å². The van der Waals surface area contributed by atoms with Gasteiger partial charge in [-0.25, -0.2) is 4.99 Å². The maximum absolute atomic E-state index is 6.04. The second-order valence-electron chi connectivity index (χ2n) is 7.41. The first-order valence-corrected chi connectivity index (χ1v) is 12.0. The van der Waals surface area contributed by atoms with Gasteiger partial charge in [0.2, 0.25) is 0 Å². The van der Waals surface area contributed by atoms with E-state index >= 15 is 0 Å². The molecule has 1 aromatic rings. The summed E-state index contributed by atoms with van der Waals surface area (Å²) in [6, 6.07) is 0. The molecule has 1 fully saturated rings. The number of hydrogen-bond acceptors (Lipinski definition) is 5. The lowest BCUT2D eigenvalue weighted by Gasteiger charge is -2.24. The summed E-state index contributed by atoms with van der Waals surface area (Å²) in [7, 11) is 1.98. The van der Waals surface area contributed by atoms with Crippen LogP contribution in [0.25, 0.3) is 0 Å². The van der Waals surface area contributed by atoms with E-state index in [4.69, 9.17) is 9.73 Å². The molecule has 29 heavy (non-hydrogen) atoms. The van der Waals surface area contributed by atoms with E-state index < -0.39 is 0 Å². The largest absolute Gasteiger partial charge is 0.378 e. The predicted molar refractivity (Wildman–Crippen MR) is 133 cm³/mol. The zero-order chi connectivity index (χ0) is 20.2. The first-order valence-electron chi connectivity index (χ1n) is 10.6. The van der Waals surface area contributed by atoms with E-state index in [1.165, 1.54) is 25.7 Å². The van der Waals surface area contributed by atoms with Gasteiger partial charge in [-0.05, 0) is 57.5 Å². The molecule has 1 aliphatic rings. The summed E-state index contributed by atoms with van der Waals surface area (Å²) in [5.74, 6) is 4.50. The maximum atomic E-state index is 6.04. The minimum Gasteiger partial charge on any atom is -0.378 e. The van der Waals surface area contributed by atoms with Crippen molar-refractivity contribution in [3.05, 3.63) is 11.6 Å². The van der Waals surface area contributed by atoms with Gasteiger partial charge in [-0.3, -0.25) is 0 Å². The molecule has 0 spiro atoms. The highest BCUT2D eigenvalue weighted by atomic mass is 127. The van der Waals surface area contributed by atoms with Crippen LogP contribution < -0.4 is 10.6 Å². The van der Waals surface area contributed by atoms with E-state index in [0.717, 1.165) is 61.8 Å². The molecule has 1 saturated carbocycles. The number of thioether (sulfide) groups is 1. The Hall–Kier alpha value is -0.550. The Balaban J connectivity index is 0.00000420. The molecule has 0 saturated heterocycles. The van der Waals surface area contributed by atoms with Gasteiger partial charge in [0.05, 0.1) is 6.10 Å². The number of rotatable bonds is 12. The molecule has 1 heterocycles. The number of halogens is 1. The fraction of sp³-hybridized carbons (Fsp3) is 0.850. The molecule has 0 radical (unpaired) electrons. The summed E-state index contributed by atoms with van der Waals surface area (Å²) in [5.41, 5.74) is 0. The summed E-state index contributed by atoms with van der Waals surface area (Å²) in [4.78, 5) is 4.73. The highest BCUT2D eigenvalue weighted by Gasteiger charge is 2.25. The number of nitrogens with zero attached hydrogens (tertiary/aromatic N) is 4. The van der Waals surface area contributed by atoms with Crippen molar-refractivity contribution in [3.63, 3.8) is 0 Å². The first-order chi connectivity index (χ1) is 13.7. The van der Waals surface area contributed by atoms with Crippen molar-refractivity contribution < 1.29 is 4.74 Å². The molecule has 0 aromatic carbocycles. The summed E-state index contributed by atoms with van der Waals surface area (Å²) in [6.07, 6.45) is 9.96. The number of nitrogens with one attached hydrogen (secondary N) is 2. The second-order valence-corrected chi connectivity index (χ2v) is 8.40. The zero-order valence-electron chi connectivity index (χ0n) is 18.4. The highest BCUT2D eigenvalue weighted by molar-refractivity contribution is 14.0. The lowest BCUT2D eigenvalue weighted by molar-refractivity contribution is 0.0169. The molecule has 9 heteroatoms. The van der Waals surface area contributed by atoms with Gasteiger partial charge in [-0.15, -0.1) is 34.2 Å². The van der Waals surface area contributed by atoms with Crippen LogP contribution in [0.5, 0.6) is 0 Å². The summed E-state index contributed by atoms with van der Waals surface area (Å²) >= 11 is 1.87. The molecule has 1 unspecified atom stereocenters. The molecule has 7 nitrogen and oxygen atoms in total. The van der Waals surface area contributed by atoms with Crippen LogP contribution in [0.2, 0.25) is 0 Å². The average molecular weight is 539 g/mol. The average Bonchev–Trinajstić information content (AvgIpc) is 3.33. The Labute approximate surface area is 197 Å². The molecule has 2 N–H and O–H groups in total. The summed E-state index contributed by atoms with van der Waals surface area (Å²) < 4.78 is 8.03. The summed E-state index contributed by atoms with van der Waals surface area (Å²) in [6.45, 7) is 7.15. The molecule has 1 aromatic heterocycles. The quantitative estimate of drug-likeness (QED) is 0.184. The molecule has 1 atom stereocenters. The van der Waals surface area contributed by atoms with Crippen LogP contribution in [-0.2, 0) is 18.3 Å². The van der Waals surface area contributed by atoms with Crippen molar-refractivity contribution >= 4 is 41.7 Å². The smallest absolute Gasteiger partial charge is 0.191 e. The van der Waals surface area contributed by atoms with Gasteiger partial charge >= 0.3 is 0 Å².